The molecule has 0 N–H and O–H groups in total. The summed E-state index contributed by atoms with van der Waals surface area (Å²) in [6, 6.07) is 7.50. The fraction of sp³-hybridized carbons (Fsp3) is 0.250. The zero-order valence-electron chi connectivity index (χ0n) is 16.3. The molecule has 0 spiro atoms. The molecule has 2 aromatic carbocycles. The van der Waals surface area contributed by atoms with Crippen LogP contribution in [0.5, 0.6) is 23.0 Å². The minimum Gasteiger partial charge on any atom is -0.493 e. The van der Waals surface area contributed by atoms with Gasteiger partial charge >= 0.3 is 5.69 Å². The zero-order chi connectivity index (χ0) is 20.8. The maximum atomic E-state index is 12.7. The van der Waals surface area contributed by atoms with Crippen LogP contribution in [0.4, 0.5) is 5.69 Å². The van der Waals surface area contributed by atoms with Crippen molar-refractivity contribution in [1.29, 1.82) is 0 Å². The molecule has 8 nitrogen and oxygen atoms in total. The maximum Gasteiger partial charge on any atom is 0.311 e. The lowest BCUT2D eigenvalue weighted by Crippen LogP contribution is -2.03. The molecule has 0 aliphatic carbocycles. The number of nitrogens with zero attached hydrogens (tertiary/aromatic N) is 1. The molecule has 0 radical (unpaired) electrons. The number of benzene rings is 2. The molecule has 0 atom stereocenters. The number of carbonyl (C=O) groups excluding carboxylic acids is 1. The number of allylic oxidation sites excluding steroid dienone is 1. The van der Waals surface area contributed by atoms with Gasteiger partial charge in [-0.3, -0.25) is 14.9 Å². The first-order chi connectivity index (χ1) is 13.4. The molecule has 2 aromatic rings. The second-order valence-electron chi connectivity index (χ2n) is 5.76. The van der Waals surface area contributed by atoms with Crippen LogP contribution in [0.1, 0.15) is 22.8 Å². The lowest BCUT2D eigenvalue weighted by atomic mass is 10.0. The molecule has 0 unspecified atom stereocenters. The molecule has 8 heteroatoms. The number of ketones is 1. The highest BCUT2D eigenvalue weighted by Gasteiger charge is 2.19. The normalized spacial score (nSPS) is 11.0. The summed E-state index contributed by atoms with van der Waals surface area (Å²) in [5, 5.41) is 11.2. The summed E-state index contributed by atoms with van der Waals surface area (Å²) < 4.78 is 20.9. The van der Waals surface area contributed by atoms with Crippen LogP contribution < -0.4 is 18.9 Å². The van der Waals surface area contributed by atoms with E-state index in [4.69, 9.17) is 18.9 Å². The number of methoxy groups -OCH3 is 4. The molecular formula is C20H21NO7. The van der Waals surface area contributed by atoms with E-state index < -0.39 is 4.92 Å². The number of hydrogen-bond acceptors (Lipinski definition) is 7. The second kappa shape index (κ2) is 8.90. The van der Waals surface area contributed by atoms with Crippen molar-refractivity contribution in [3.05, 3.63) is 57.1 Å². The van der Waals surface area contributed by atoms with Gasteiger partial charge < -0.3 is 18.9 Å². The highest BCUT2D eigenvalue weighted by atomic mass is 16.6. The summed E-state index contributed by atoms with van der Waals surface area (Å²) in [6.07, 6.45) is 1.64. The predicted octanol–water partition coefficient (Wildman–Crippen LogP) is 3.92. The van der Waals surface area contributed by atoms with Gasteiger partial charge in [0.2, 0.25) is 5.75 Å². The topological polar surface area (TPSA) is 97.1 Å². The van der Waals surface area contributed by atoms with Crippen molar-refractivity contribution in [2.24, 2.45) is 0 Å². The lowest BCUT2D eigenvalue weighted by molar-refractivity contribution is -0.385. The number of rotatable bonds is 8. The van der Waals surface area contributed by atoms with Crippen LogP contribution in [-0.2, 0) is 0 Å². The summed E-state index contributed by atoms with van der Waals surface area (Å²) in [6.45, 7) is 1.63. The van der Waals surface area contributed by atoms with Gasteiger partial charge in [-0.05, 0) is 48.4 Å². The molecule has 148 valence electrons. The monoisotopic (exact) mass is 387 g/mol. The van der Waals surface area contributed by atoms with Crippen LogP contribution in [0.15, 0.2) is 35.9 Å². The Morgan fingerprint density at radius 1 is 0.929 bits per heavy atom. The summed E-state index contributed by atoms with van der Waals surface area (Å²) in [7, 11) is 5.83. The Morgan fingerprint density at radius 2 is 1.50 bits per heavy atom. The van der Waals surface area contributed by atoms with Crippen LogP contribution in [0, 0.1) is 10.1 Å². The number of ether oxygens (including phenoxy) is 4. The summed E-state index contributed by atoms with van der Waals surface area (Å²) in [5.41, 5.74) is 0.958. The Balaban J connectivity index is 2.44. The van der Waals surface area contributed by atoms with Gasteiger partial charge in [-0.25, -0.2) is 0 Å². The van der Waals surface area contributed by atoms with Crippen LogP contribution in [-0.4, -0.2) is 39.1 Å². The third-order valence-corrected chi connectivity index (χ3v) is 4.07. The molecule has 0 aromatic heterocycles. The first kappa shape index (κ1) is 20.8. The van der Waals surface area contributed by atoms with Gasteiger partial charge in [-0.1, -0.05) is 0 Å². The quantitative estimate of drug-likeness (QED) is 0.293. The van der Waals surface area contributed by atoms with Crippen molar-refractivity contribution >= 4 is 17.5 Å². The summed E-state index contributed by atoms with van der Waals surface area (Å²) in [5.74, 6) is 1.09. The number of carbonyl (C=O) groups is 1. The first-order valence-electron chi connectivity index (χ1n) is 8.21. The fourth-order valence-electron chi connectivity index (χ4n) is 2.70. The van der Waals surface area contributed by atoms with Gasteiger partial charge in [-0.15, -0.1) is 0 Å². The Labute approximate surface area is 162 Å². The first-order valence-corrected chi connectivity index (χ1v) is 8.21. The molecule has 28 heavy (non-hydrogen) atoms. The van der Waals surface area contributed by atoms with E-state index in [1.165, 1.54) is 46.6 Å². The van der Waals surface area contributed by atoms with E-state index in [2.05, 4.69) is 0 Å². The molecule has 0 aliphatic rings. The highest BCUT2D eigenvalue weighted by Crippen LogP contribution is 2.39. The molecule has 0 saturated carbocycles. The van der Waals surface area contributed by atoms with Crippen molar-refractivity contribution in [2.45, 2.75) is 6.92 Å². The minimum atomic E-state index is -0.589. The molecule has 0 bridgehead atoms. The molecule has 0 saturated heterocycles. The van der Waals surface area contributed by atoms with E-state index in [0.29, 0.717) is 28.4 Å². The van der Waals surface area contributed by atoms with E-state index in [1.54, 1.807) is 25.1 Å². The molecule has 0 fully saturated rings. The predicted molar refractivity (Wildman–Crippen MR) is 104 cm³/mol. The molecule has 2 rings (SSSR count). The molecular weight excluding hydrogens is 366 g/mol. The molecule has 0 aliphatic heterocycles. The van der Waals surface area contributed by atoms with Crippen molar-refractivity contribution in [1.82, 2.24) is 0 Å². The number of nitro groups is 1. The summed E-state index contributed by atoms with van der Waals surface area (Å²) in [4.78, 5) is 23.3. The van der Waals surface area contributed by atoms with E-state index in [9.17, 15) is 14.9 Å². The average Bonchev–Trinajstić information content (AvgIpc) is 2.71. The van der Waals surface area contributed by atoms with Gasteiger partial charge in [0.25, 0.3) is 0 Å². The van der Waals surface area contributed by atoms with E-state index >= 15 is 0 Å². The standard InChI is InChI=1S/C20H21NO7/c1-12(8-13-9-17(26-3)20(28-5)18(10-13)27-4)19(22)14-6-7-16(25-2)15(11-14)21(23)24/h6-11H,1-5H3/b12-8+. The largest absolute Gasteiger partial charge is 0.493 e. The minimum absolute atomic E-state index is 0.0906. The van der Waals surface area contributed by atoms with Crippen LogP contribution in [0.25, 0.3) is 6.08 Å². The smallest absolute Gasteiger partial charge is 0.311 e. The van der Waals surface area contributed by atoms with Gasteiger partial charge in [-0.2, -0.15) is 0 Å². The second-order valence-corrected chi connectivity index (χ2v) is 5.76. The van der Waals surface area contributed by atoms with Crippen molar-refractivity contribution in [3.63, 3.8) is 0 Å². The van der Waals surface area contributed by atoms with E-state index in [-0.39, 0.29) is 22.8 Å². The van der Waals surface area contributed by atoms with Crippen LogP contribution in [0.2, 0.25) is 0 Å². The van der Waals surface area contributed by atoms with Crippen LogP contribution >= 0.6 is 0 Å². The van der Waals surface area contributed by atoms with Crippen molar-refractivity contribution in [3.8, 4) is 23.0 Å². The number of nitro benzene ring substituents is 1. The third kappa shape index (κ3) is 4.22. The Morgan fingerprint density at radius 3 is 1.96 bits per heavy atom. The Kier molecular flexibility index (Phi) is 6.59. The van der Waals surface area contributed by atoms with E-state index in [0.717, 1.165) is 0 Å². The average molecular weight is 387 g/mol. The van der Waals surface area contributed by atoms with Gasteiger partial charge in [0.1, 0.15) is 0 Å². The number of hydrogen-bond donors (Lipinski definition) is 0. The zero-order valence-corrected chi connectivity index (χ0v) is 16.3. The lowest BCUT2D eigenvalue weighted by Gasteiger charge is -2.13. The maximum absolute atomic E-state index is 12.7. The summed E-state index contributed by atoms with van der Waals surface area (Å²) >= 11 is 0. The van der Waals surface area contributed by atoms with Gasteiger partial charge in [0.05, 0.1) is 33.4 Å². The van der Waals surface area contributed by atoms with Crippen molar-refractivity contribution in [2.75, 3.05) is 28.4 Å². The number of Topliss-reactive ketones (excluding diaryl/α,β-unsaturated/α-hetero) is 1. The van der Waals surface area contributed by atoms with Gasteiger partial charge in [0.15, 0.2) is 23.0 Å². The Bertz CT molecular complexity index is 909. The van der Waals surface area contributed by atoms with Crippen LogP contribution in [0.3, 0.4) is 0 Å². The van der Waals surface area contributed by atoms with Crippen molar-refractivity contribution < 1.29 is 28.7 Å². The molecule has 0 amide bonds. The Hall–Kier alpha value is -3.55. The van der Waals surface area contributed by atoms with Gasteiger partial charge in [0, 0.05) is 11.6 Å². The molecule has 0 heterocycles. The highest BCUT2D eigenvalue weighted by molar-refractivity contribution is 6.11. The SMILES string of the molecule is COc1ccc(C(=O)/C(C)=C/c2cc(OC)c(OC)c(OC)c2)cc1[N+](=O)[O-]. The van der Waals surface area contributed by atoms with E-state index in [1.807, 2.05) is 0 Å². The fourth-order valence-corrected chi connectivity index (χ4v) is 2.70. The third-order valence-electron chi connectivity index (χ3n) is 4.07.